The zero-order valence-corrected chi connectivity index (χ0v) is 20.0. The standard InChI is InChI=1S/C27H27FN2O3S/c1-33-21-9-12-23-24(16-29-14-13-18-5-10-22(34-2)11-6-18)26(27(31)32)30(25(23)15-21)17-19-3-7-20(28)8-4-19/h3-12,15,29H,13-14,16-17H2,1-2H3,(H,31,32)/p-1. The number of nitrogens with zero attached hydrogens (tertiary/aromatic N) is 1. The van der Waals surface area contributed by atoms with Crippen LogP contribution in [0, 0.1) is 5.82 Å². The van der Waals surface area contributed by atoms with E-state index in [9.17, 15) is 14.3 Å². The number of nitrogens with one attached hydrogen (secondary N) is 1. The van der Waals surface area contributed by atoms with Gasteiger partial charge in [-0.1, -0.05) is 24.3 Å². The lowest BCUT2D eigenvalue weighted by Gasteiger charge is -2.14. The van der Waals surface area contributed by atoms with Gasteiger partial charge >= 0.3 is 0 Å². The minimum atomic E-state index is -1.25. The molecule has 5 nitrogen and oxygen atoms in total. The summed E-state index contributed by atoms with van der Waals surface area (Å²) in [6.07, 6.45) is 2.88. The number of methoxy groups -OCH3 is 1. The van der Waals surface area contributed by atoms with Gasteiger partial charge in [-0.3, -0.25) is 0 Å². The monoisotopic (exact) mass is 477 g/mol. The zero-order valence-electron chi connectivity index (χ0n) is 19.1. The first-order valence-corrected chi connectivity index (χ1v) is 12.2. The van der Waals surface area contributed by atoms with Crippen molar-refractivity contribution in [2.75, 3.05) is 19.9 Å². The topological polar surface area (TPSA) is 66.3 Å². The molecule has 0 bridgehead atoms. The highest BCUT2D eigenvalue weighted by molar-refractivity contribution is 7.98. The van der Waals surface area contributed by atoms with Gasteiger partial charge in [-0.05, 0) is 66.7 Å². The molecular formula is C27H26FN2O3S-. The number of aromatic carboxylic acids is 1. The Balaban J connectivity index is 1.62. The van der Waals surface area contributed by atoms with E-state index in [1.54, 1.807) is 35.6 Å². The van der Waals surface area contributed by atoms with Gasteiger partial charge in [0, 0.05) is 35.0 Å². The Morgan fingerprint density at radius 2 is 1.76 bits per heavy atom. The van der Waals surface area contributed by atoms with Crippen LogP contribution in [0.25, 0.3) is 10.9 Å². The number of benzene rings is 3. The number of aromatic nitrogens is 1. The van der Waals surface area contributed by atoms with Crippen LogP contribution in [0.1, 0.15) is 27.2 Å². The van der Waals surface area contributed by atoms with Crippen molar-refractivity contribution < 1.29 is 19.0 Å². The highest BCUT2D eigenvalue weighted by Crippen LogP contribution is 2.30. The van der Waals surface area contributed by atoms with E-state index in [1.165, 1.54) is 22.6 Å². The molecule has 0 atom stereocenters. The minimum Gasteiger partial charge on any atom is -0.543 e. The lowest BCUT2D eigenvalue weighted by molar-refractivity contribution is -0.255. The number of hydrogen-bond donors (Lipinski definition) is 1. The third-order valence-corrected chi connectivity index (χ3v) is 6.62. The van der Waals surface area contributed by atoms with Crippen molar-refractivity contribution in [3.05, 3.63) is 94.9 Å². The van der Waals surface area contributed by atoms with E-state index >= 15 is 0 Å². The first kappa shape index (κ1) is 23.9. The lowest BCUT2D eigenvalue weighted by atomic mass is 10.1. The molecule has 0 saturated heterocycles. The van der Waals surface area contributed by atoms with Gasteiger partial charge < -0.3 is 24.5 Å². The Kier molecular flexibility index (Phi) is 7.55. The Morgan fingerprint density at radius 3 is 2.41 bits per heavy atom. The molecule has 1 aromatic heterocycles. The molecule has 0 aliphatic rings. The fraction of sp³-hybridized carbons (Fsp3) is 0.222. The summed E-state index contributed by atoms with van der Waals surface area (Å²) >= 11 is 1.71. The molecule has 0 amide bonds. The van der Waals surface area contributed by atoms with Crippen molar-refractivity contribution in [3.8, 4) is 5.75 Å². The number of ether oxygens (including phenoxy) is 1. The van der Waals surface area contributed by atoms with Crippen LogP contribution in [0.3, 0.4) is 0 Å². The molecule has 0 fully saturated rings. The van der Waals surface area contributed by atoms with E-state index in [1.807, 2.05) is 24.5 Å². The molecule has 0 saturated carbocycles. The van der Waals surface area contributed by atoms with Crippen LogP contribution < -0.4 is 15.2 Å². The lowest BCUT2D eigenvalue weighted by Crippen LogP contribution is -2.28. The van der Waals surface area contributed by atoms with Crippen LogP contribution in [-0.2, 0) is 19.5 Å². The first-order valence-electron chi connectivity index (χ1n) is 11.0. The maximum Gasteiger partial charge on any atom is 0.123 e. The van der Waals surface area contributed by atoms with E-state index < -0.39 is 5.97 Å². The van der Waals surface area contributed by atoms with Crippen molar-refractivity contribution in [2.45, 2.75) is 24.4 Å². The molecule has 34 heavy (non-hydrogen) atoms. The summed E-state index contributed by atoms with van der Waals surface area (Å²) in [6, 6.07) is 20.0. The maximum atomic E-state index is 13.4. The molecule has 0 aliphatic heterocycles. The molecular weight excluding hydrogens is 451 g/mol. The van der Waals surface area contributed by atoms with Gasteiger partial charge in [0.1, 0.15) is 11.6 Å². The number of fused-ring (bicyclic) bond motifs is 1. The molecule has 1 N–H and O–H groups in total. The van der Waals surface area contributed by atoms with Crippen molar-refractivity contribution in [3.63, 3.8) is 0 Å². The third-order valence-electron chi connectivity index (χ3n) is 5.88. The average Bonchev–Trinajstić information content (AvgIpc) is 3.16. The van der Waals surface area contributed by atoms with Crippen molar-refractivity contribution >= 4 is 28.6 Å². The van der Waals surface area contributed by atoms with Crippen LogP contribution in [-0.4, -0.2) is 30.4 Å². The highest BCUT2D eigenvalue weighted by Gasteiger charge is 2.19. The number of rotatable bonds is 10. The summed E-state index contributed by atoms with van der Waals surface area (Å²) in [4.78, 5) is 13.5. The molecule has 0 radical (unpaired) electrons. The van der Waals surface area contributed by atoms with Crippen LogP contribution >= 0.6 is 11.8 Å². The van der Waals surface area contributed by atoms with E-state index in [0.29, 0.717) is 24.4 Å². The Hall–Kier alpha value is -3.29. The fourth-order valence-corrected chi connectivity index (χ4v) is 4.52. The summed E-state index contributed by atoms with van der Waals surface area (Å²) in [5, 5.41) is 16.5. The smallest absolute Gasteiger partial charge is 0.123 e. The molecule has 0 spiro atoms. The normalized spacial score (nSPS) is 11.1. The third kappa shape index (κ3) is 5.26. The number of halogens is 1. The molecule has 7 heteroatoms. The van der Waals surface area contributed by atoms with E-state index in [2.05, 4.69) is 29.6 Å². The average molecular weight is 478 g/mol. The minimum absolute atomic E-state index is 0.115. The largest absolute Gasteiger partial charge is 0.543 e. The number of carboxylic acids is 1. The quantitative estimate of drug-likeness (QED) is 0.273. The number of carboxylic acid groups (broad SMARTS) is 1. The number of hydrogen-bond acceptors (Lipinski definition) is 5. The number of thioether (sulfide) groups is 1. The highest BCUT2D eigenvalue weighted by atomic mass is 32.2. The predicted octanol–water partition coefficient (Wildman–Crippen LogP) is 4.26. The maximum absolute atomic E-state index is 13.4. The van der Waals surface area contributed by atoms with Gasteiger partial charge in [0.05, 0.1) is 24.3 Å². The first-order chi connectivity index (χ1) is 16.5. The van der Waals surface area contributed by atoms with Gasteiger partial charge in [0.25, 0.3) is 0 Å². The van der Waals surface area contributed by atoms with Gasteiger partial charge in [0.2, 0.25) is 0 Å². The van der Waals surface area contributed by atoms with Gasteiger partial charge in [-0.2, -0.15) is 0 Å². The summed E-state index contributed by atoms with van der Waals surface area (Å²) in [5.74, 6) is -0.957. The van der Waals surface area contributed by atoms with Crippen molar-refractivity contribution in [2.24, 2.45) is 0 Å². The second-order valence-electron chi connectivity index (χ2n) is 7.99. The number of carbonyl (C=O) groups is 1. The molecule has 176 valence electrons. The van der Waals surface area contributed by atoms with Crippen LogP contribution in [0.4, 0.5) is 4.39 Å². The van der Waals surface area contributed by atoms with Crippen LogP contribution in [0.5, 0.6) is 5.75 Å². The second kappa shape index (κ2) is 10.8. The number of carbonyl (C=O) groups excluding carboxylic acids is 1. The van der Waals surface area contributed by atoms with Gasteiger partial charge in [-0.15, -0.1) is 11.8 Å². The summed E-state index contributed by atoms with van der Waals surface area (Å²) < 4.78 is 20.5. The molecule has 0 unspecified atom stereocenters. The Bertz CT molecular complexity index is 1280. The van der Waals surface area contributed by atoms with Gasteiger partial charge in [0.15, 0.2) is 0 Å². The Labute approximate surface area is 202 Å². The van der Waals surface area contributed by atoms with E-state index in [0.717, 1.165) is 22.9 Å². The van der Waals surface area contributed by atoms with Crippen LogP contribution in [0.15, 0.2) is 71.6 Å². The van der Waals surface area contributed by atoms with Crippen LogP contribution in [0.2, 0.25) is 0 Å². The van der Waals surface area contributed by atoms with Crippen molar-refractivity contribution in [1.29, 1.82) is 0 Å². The Morgan fingerprint density at radius 1 is 1.06 bits per heavy atom. The van der Waals surface area contributed by atoms with Crippen molar-refractivity contribution in [1.82, 2.24) is 9.88 Å². The molecule has 3 aromatic carbocycles. The molecule has 4 aromatic rings. The van der Waals surface area contributed by atoms with E-state index in [4.69, 9.17) is 4.74 Å². The zero-order chi connectivity index (χ0) is 24.1. The fourth-order valence-electron chi connectivity index (χ4n) is 4.12. The summed E-state index contributed by atoms with van der Waals surface area (Å²) in [5.41, 5.74) is 3.51. The second-order valence-corrected chi connectivity index (χ2v) is 8.86. The molecule has 1 heterocycles. The summed E-state index contributed by atoms with van der Waals surface area (Å²) in [6.45, 7) is 1.35. The molecule has 4 rings (SSSR count). The predicted molar refractivity (Wildman–Crippen MR) is 132 cm³/mol. The van der Waals surface area contributed by atoms with Gasteiger partial charge in [-0.25, -0.2) is 4.39 Å². The summed E-state index contributed by atoms with van der Waals surface area (Å²) in [7, 11) is 1.57. The SMILES string of the molecule is COc1ccc2c(CNCCc3ccc(SC)cc3)c(C(=O)[O-])n(Cc3ccc(F)cc3)c2c1. The molecule has 0 aliphatic carbocycles. The van der Waals surface area contributed by atoms with E-state index in [-0.39, 0.29) is 18.1 Å².